The Balaban J connectivity index is 1.84. The number of methoxy groups -OCH3 is 1. The molecule has 22 heavy (non-hydrogen) atoms. The number of aryl methyl sites for hydroxylation is 1. The van der Waals surface area contributed by atoms with Gasteiger partial charge < -0.3 is 14.2 Å². The first kappa shape index (κ1) is 14.8. The van der Waals surface area contributed by atoms with Gasteiger partial charge in [-0.25, -0.2) is 0 Å². The minimum absolute atomic E-state index is 0.0533. The SMILES string of the molecule is COCC1CCCN(C(=O)c2cnn(C)c2-n2cccc2)C1. The lowest BCUT2D eigenvalue weighted by Crippen LogP contribution is -2.41. The molecule has 3 rings (SSSR count). The van der Waals surface area contributed by atoms with Gasteiger partial charge in [-0.1, -0.05) is 0 Å². The van der Waals surface area contributed by atoms with Crippen LogP contribution in [0.5, 0.6) is 0 Å². The van der Waals surface area contributed by atoms with E-state index >= 15 is 0 Å². The van der Waals surface area contributed by atoms with Gasteiger partial charge in [0.05, 0.1) is 12.8 Å². The van der Waals surface area contributed by atoms with Crippen LogP contribution in [0, 0.1) is 5.92 Å². The van der Waals surface area contributed by atoms with Crippen LogP contribution in [0.25, 0.3) is 5.82 Å². The Morgan fingerprint density at radius 3 is 2.91 bits per heavy atom. The molecule has 1 amide bonds. The van der Waals surface area contributed by atoms with Crippen LogP contribution < -0.4 is 0 Å². The number of likely N-dealkylation sites (tertiary alicyclic amines) is 1. The topological polar surface area (TPSA) is 52.3 Å². The lowest BCUT2D eigenvalue weighted by atomic mass is 9.98. The van der Waals surface area contributed by atoms with Crippen LogP contribution in [0.1, 0.15) is 23.2 Å². The Morgan fingerprint density at radius 2 is 2.18 bits per heavy atom. The van der Waals surface area contributed by atoms with Crippen molar-refractivity contribution in [3.8, 4) is 5.82 Å². The zero-order valence-corrected chi connectivity index (χ0v) is 13.1. The molecule has 2 aromatic heterocycles. The molecule has 1 atom stereocenters. The van der Waals surface area contributed by atoms with Crippen LogP contribution in [0.3, 0.4) is 0 Å². The van der Waals surface area contributed by atoms with Crippen LogP contribution in [0.2, 0.25) is 0 Å². The third kappa shape index (κ3) is 2.78. The van der Waals surface area contributed by atoms with Gasteiger partial charge in [-0.15, -0.1) is 0 Å². The summed E-state index contributed by atoms with van der Waals surface area (Å²) in [5.74, 6) is 1.29. The molecule has 1 aliphatic rings. The van der Waals surface area contributed by atoms with E-state index in [1.165, 1.54) is 0 Å². The van der Waals surface area contributed by atoms with Crippen molar-refractivity contribution in [2.24, 2.45) is 13.0 Å². The van der Waals surface area contributed by atoms with Crippen molar-refractivity contribution in [3.63, 3.8) is 0 Å². The van der Waals surface area contributed by atoms with Gasteiger partial charge in [0.25, 0.3) is 5.91 Å². The van der Waals surface area contributed by atoms with Crippen molar-refractivity contribution >= 4 is 5.91 Å². The monoisotopic (exact) mass is 302 g/mol. The number of ether oxygens (including phenoxy) is 1. The molecule has 1 saturated heterocycles. The quantitative estimate of drug-likeness (QED) is 0.864. The third-order valence-electron chi connectivity index (χ3n) is 4.20. The lowest BCUT2D eigenvalue weighted by Gasteiger charge is -2.32. The van der Waals surface area contributed by atoms with E-state index in [-0.39, 0.29) is 5.91 Å². The number of piperidine rings is 1. The minimum atomic E-state index is 0.0533. The normalized spacial score (nSPS) is 18.6. The van der Waals surface area contributed by atoms with Crippen LogP contribution in [0.4, 0.5) is 0 Å². The van der Waals surface area contributed by atoms with E-state index in [1.807, 2.05) is 41.0 Å². The molecule has 0 aromatic carbocycles. The van der Waals surface area contributed by atoms with E-state index in [9.17, 15) is 4.79 Å². The van der Waals surface area contributed by atoms with E-state index in [2.05, 4.69) is 5.10 Å². The van der Waals surface area contributed by atoms with Gasteiger partial charge in [0.2, 0.25) is 0 Å². The first-order chi connectivity index (χ1) is 10.7. The number of amides is 1. The Hall–Kier alpha value is -2.08. The van der Waals surface area contributed by atoms with Crippen LogP contribution >= 0.6 is 0 Å². The third-order valence-corrected chi connectivity index (χ3v) is 4.20. The molecule has 1 aliphatic heterocycles. The molecule has 6 heteroatoms. The van der Waals surface area contributed by atoms with Crippen LogP contribution in [-0.2, 0) is 11.8 Å². The first-order valence-corrected chi connectivity index (χ1v) is 7.64. The maximum atomic E-state index is 12.9. The highest BCUT2D eigenvalue weighted by molar-refractivity contribution is 5.97. The second kappa shape index (κ2) is 6.36. The smallest absolute Gasteiger partial charge is 0.259 e. The molecule has 0 saturated carbocycles. The summed E-state index contributed by atoms with van der Waals surface area (Å²) in [6.45, 7) is 2.27. The van der Waals surface area contributed by atoms with Gasteiger partial charge in [-0.3, -0.25) is 9.48 Å². The van der Waals surface area contributed by atoms with Gasteiger partial charge in [0, 0.05) is 39.6 Å². The van der Waals surface area contributed by atoms with E-state index in [1.54, 1.807) is 18.0 Å². The summed E-state index contributed by atoms with van der Waals surface area (Å²) in [6.07, 6.45) is 7.67. The standard InChI is InChI=1S/C16H22N4O2/c1-18-15(19-7-3-4-8-19)14(10-17-18)16(21)20-9-5-6-13(11-20)12-22-2/h3-4,7-8,10,13H,5-6,9,11-12H2,1-2H3. The van der Waals surface area contributed by atoms with Crippen molar-refractivity contribution in [2.75, 3.05) is 26.8 Å². The van der Waals surface area contributed by atoms with Crippen molar-refractivity contribution in [2.45, 2.75) is 12.8 Å². The molecule has 0 aliphatic carbocycles. The summed E-state index contributed by atoms with van der Waals surface area (Å²) < 4.78 is 8.91. The van der Waals surface area contributed by atoms with E-state index < -0.39 is 0 Å². The zero-order chi connectivity index (χ0) is 15.5. The molecule has 118 valence electrons. The predicted molar refractivity (Wildman–Crippen MR) is 83.0 cm³/mol. The van der Waals surface area contributed by atoms with Crippen molar-refractivity contribution in [1.82, 2.24) is 19.2 Å². The predicted octanol–water partition coefficient (Wildman–Crippen LogP) is 1.71. The van der Waals surface area contributed by atoms with Crippen molar-refractivity contribution < 1.29 is 9.53 Å². The molecule has 6 nitrogen and oxygen atoms in total. The first-order valence-electron chi connectivity index (χ1n) is 7.64. The molecule has 0 bridgehead atoms. The number of carbonyl (C=O) groups excluding carboxylic acids is 1. The number of hydrogen-bond acceptors (Lipinski definition) is 3. The zero-order valence-electron chi connectivity index (χ0n) is 13.1. The van der Waals surface area contributed by atoms with E-state index in [4.69, 9.17) is 4.74 Å². The Kier molecular flexibility index (Phi) is 4.29. The maximum absolute atomic E-state index is 12.9. The molecular weight excluding hydrogens is 280 g/mol. The Bertz CT molecular complexity index is 631. The van der Waals surface area contributed by atoms with Gasteiger partial charge in [0.15, 0.2) is 0 Å². The second-order valence-corrected chi connectivity index (χ2v) is 5.81. The summed E-state index contributed by atoms with van der Waals surface area (Å²) in [7, 11) is 3.57. The molecule has 1 fully saturated rings. The lowest BCUT2D eigenvalue weighted by molar-refractivity contribution is 0.0571. The van der Waals surface area contributed by atoms with Crippen LogP contribution in [-0.4, -0.2) is 52.0 Å². The highest BCUT2D eigenvalue weighted by Crippen LogP contribution is 2.21. The molecule has 3 heterocycles. The van der Waals surface area contributed by atoms with E-state index in [0.29, 0.717) is 18.1 Å². The molecule has 2 aromatic rings. The van der Waals surface area contributed by atoms with E-state index in [0.717, 1.165) is 31.7 Å². The average molecular weight is 302 g/mol. The minimum Gasteiger partial charge on any atom is -0.384 e. The Morgan fingerprint density at radius 1 is 1.41 bits per heavy atom. The van der Waals surface area contributed by atoms with Crippen molar-refractivity contribution in [1.29, 1.82) is 0 Å². The highest BCUT2D eigenvalue weighted by atomic mass is 16.5. The average Bonchev–Trinajstić information content (AvgIpc) is 3.16. The fraction of sp³-hybridized carbons (Fsp3) is 0.500. The summed E-state index contributed by atoms with van der Waals surface area (Å²) in [6, 6.07) is 3.88. The van der Waals surface area contributed by atoms with Crippen molar-refractivity contribution in [3.05, 3.63) is 36.3 Å². The molecule has 0 radical (unpaired) electrons. The summed E-state index contributed by atoms with van der Waals surface area (Å²) in [5, 5.41) is 4.27. The molecule has 0 spiro atoms. The van der Waals surface area contributed by atoms with Gasteiger partial charge in [0.1, 0.15) is 11.4 Å². The largest absolute Gasteiger partial charge is 0.384 e. The fourth-order valence-electron chi connectivity index (χ4n) is 3.16. The number of nitrogens with zero attached hydrogens (tertiary/aromatic N) is 4. The Labute approximate surface area is 130 Å². The molecular formula is C16H22N4O2. The van der Waals surface area contributed by atoms with Gasteiger partial charge in [-0.05, 0) is 30.9 Å². The molecule has 1 unspecified atom stereocenters. The van der Waals surface area contributed by atoms with Gasteiger partial charge >= 0.3 is 0 Å². The summed E-state index contributed by atoms with van der Waals surface area (Å²) in [5.41, 5.74) is 0.650. The van der Waals surface area contributed by atoms with Gasteiger partial charge in [-0.2, -0.15) is 5.10 Å². The molecule has 0 N–H and O–H groups in total. The second-order valence-electron chi connectivity index (χ2n) is 5.81. The number of rotatable bonds is 4. The number of hydrogen-bond donors (Lipinski definition) is 0. The number of carbonyl (C=O) groups is 1. The fourth-order valence-corrected chi connectivity index (χ4v) is 3.16. The summed E-state index contributed by atoms with van der Waals surface area (Å²) in [4.78, 5) is 14.8. The maximum Gasteiger partial charge on any atom is 0.259 e. The number of aromatic nitrogens is 3. The highest BCUT2D eigenvalue weighted by Gasteiger charge is 2.27. The van der Waals surface area contributed by atoms with Crippen LogP contribution in [0.15, 0.2) is 30.7 Å². The summed E-state index contributed by atoms with van der Waals surface area (Å²) >= 11 is 0.